The minimum absolute atomic E-state index is 0.0564. The number of nitrogens with one attached hydrogen (secondary N) is 2. The summed E-state index contributed by atoms with van der Waals surface area (Å²) in [5, 5.41) is 5.47. The van der Waals surface area contributed by atoms with Gasteiger partial charge in [-0.1, -0.05) is 19.3 Å². The highest BCUT2D eigenvalue weighted by molar-refractivity contribution is 5.79. The summed E-state index contributed by atoms with van der Waals surface area (Å²) in [6.07, 6.45) is 5.89. The number of hydrogen-bond donors (Lipinski definition) is 3. The van der Waals surface area contributed by atoms with Crippen LogP contribution in [0.1, 0.15) is 44.9 Å². The molecule has 1 aliphatic rings. The lowest BCUT2D eigenvalue weighted by Gasteiger charge is -2.32. The van der Waals surface area contributed by atoms with E-state index in [0.717, 1.165) is 25.7 Å². The van der Waals surface area contributed by atoms with Crippen molar-refractivity contribution < 1.29 is 14.3 Å². The lowest BCUT2D eigenvalue weighted by atomic mass is 9.80. The van der Waals surface area contributed by atoms with Crippen LogP contribution in [0.15, 0.2) is 0 Å². The van der Waals surface area contributed by atoms with Gasteiger partial charge in [0.15, 0.2) is 0 Å². The molecule has 0 aromatic rings. The summed E-state index contributed by atoms with van der Waals surface area (Å²) in [7, 11) is 1.58. The van der Waals surface area contributed by atoms with Crippen LogP contribution in [0.25, 0.3) is 0 Å². The molecule has 0 aromatic carbocycles. The van der Waals surface area contributed by atoms with Crippen LogP contribution in [0.5, 0.6) is 0 Å². The summed E-state index contributed by atoms with van der Waals surface area (Å²) in [4.78, 5) is 23.2. The molecule has 0 radical (unpaired) electrons. The Kier molecular flexibility index (Phi) is 7.54. The first-order chi connectivity index (χ1) is 9.56. The Balaban J connectivity index is 2.12. The number of nitrogens with two attached hydrogens (primary N) is 1. The molecule has 1 fully saturated rings. The van der Waals surface area contributed by atoms with E-state index in [1.54, 1.807) is 7.11 Å². The van der Waals surface area contributed by atoms with Crippen molar-refractivity contribution in [1.29, 1.82) is 0 Å². The van der Waals surface area contributed by atoms with Crippen LogP contribution in [0, 0.1) is 0 Å². The quantitative estimate of drug-likeness (QED) is 0.559. The fraction of sp³-hybridized carbons (Fsp3) is 0.857. The number of rotatable bonds is 8. The van der Waals surface area contributed by atoms with Crippen LogP contribution >= 0.6 is 0 Å². The predicted octanol–water partition coefficient (Wildman–Crippen LogP) is 0.307. The van der Waals surface area contributed by atoms with Crippen LogP contribution in [-0.4, -0.2) is 44.2 Å². The van der Waals surface area contributed by atoms with Crippen molar-refractivity contribution in [3.63, 3.8) is 0 Å². The molecule has 2 amide bonds. The Hall–Kier alpha value is -1.14. The molecule has 0 heterocycles. The number of amides is 2. The van der Waals surface area contributed by atoms with Gasteiger partial charge in [0.05, 0.1) is 6.61 Å². The van der Waals surface area contributed by atoms with Crippen LogP contribution < -0.4 is 16.4 Å². The van der Waals surface area contributed by atoms with Crippen LogP contribution in [0.2, 0.25) is 0 Å². The van der Waals surface area contributed by atoms with Gasteiger partial charge in [-0.05, 0) is 12.8 Å². The molecule has 116 valence electrons. The third-order valence-corrected chi connectivity index (χ3v) is 3.66. The fourth-order valence-corrected chi connectivity index (χ4v) is 2.51. The zero-order chi connectivity index (χ0) is 14.8. The largest absolute Gasteiger partial charge is 0.383 e. The van der Waals surface area contributed by atoms with E-state index in [4.69, 9.17) is 10.5 Å². The fourth-order valence-electron chi connectivity index (χ4n) is 2.51. The first-order valence-corrected chi connectivity index (χ1v) is 7.37. The third-order valence-electron chi connectivity index (χ3n) is 3.66. The topological polar surface area (TPSA) is 93.5 Å². The van der Waals surface area contributed by atoms with Gasteiger partial charge in [-0.15, -0.1) is 0 Å². The van der Waals surface area contributed by atoms with E-state index < -0.39 is 0 Å². The number of carbonyl (C=O) groups excluding carboxylic acids is 2. The normalized spacial score (nSPS) is 17.5. The molecule has 0 unspecified atom stereocenters. The summed E-state index contributed by atoms with van der Waals surface area (Å²) in [6.45, 7) is 1.34. The molecule has 1 aliphatic carbocycles. The maximum Gasteiger partial charge on any atom is 0.221 e. The van der Waals surface area contributed by atoms with E-state index >= 15 is 0 Å². The second-order valence-corrected chi connectivity index (χ2v) is 5.54. The molecule has 4 N–H and O–H groups in total. The number of hydrogen-bond acceptors (Lipinski definition) is 4. The zero-order valence-electron chi connectivity index (χ0n) is 12.4. The Labute approximate surface area is 120 Å². The molecule has 0 atom stereocenters. The van der Waals surface area contributed by atoms with Gasteiger partial charge in [-0.25, -0.2) is 0 Å². The van der Waals surface area contributed by atoms with Gasteiger partial charge in [-0.3, -0.25) is 9.59 Å². The Morgan fingerprint density at radius 1 is 1.10 bits per heavy atom. The standard InChI is InChI=1S/C14H27N3O3/c1-20-10-9-17-12(18)5-8-16-13(19)11-14(15)6-3-2-4-7-14/h2-11,15H2,1H3,(H,16,19)(H,17,18). The van der Waals surface area contributed by atoms with Gasteiger partial charge in [-0.2, -0.15) is 0 Å². The molecule has 1 rings (SSSR count). The summed E-state index contributed by atoms with van der Waals surface area (Å²) in [6, 6.07) is 0. The van der Waals surface area contributed by atoms with Gasteiger partial charge in [0.25, 0.3) is 0 Å². The van der Waals surface area contributed by atoms with E-state index in [-0.39, 0.29) is 23.8 Å². The summed E-state index contributed by atoms with van der Waals surface area (Å²) < 4.78 is 4.83. The maximum absolute atomic E-state index is 11.8. The molecular formula is C14H27N3O3. The van der Waals surface area contributed by atoms with Crippen molar-refractivity contribution in [1.82, 2.24) is 10.6 Å². The van der Waals surface area contributed by atoms with E-state index in [1.807, 2.05) is 0 Å². The summed E-state index contributed by atoms with van der Waals surface area (Å²) in [5.74, 6) is -0.137. The Bertz CT molecular complexity index is 315. The first kappa shape index (κ1) is 16.9. The van der Waals surface area contributed by atoms with Gasteiger partial charge in [0.1, 0.15) is 0 Å². The highest BCUT2D eigenvalue weighted by atomic mass is 16.5. The lowest BCUT2D eigenvalue weighted by Crippen LogP contribution is -2.46. The highest BCUT2D eigenvalue weighted by Crippen LogP contribution is 2.28. The van der Waals surface area contributed by atoms with E-state index in [9.17, 15) is 9.59 Å². The van der Waals surface area contributed by atoms with Crippen LogP contribution in [-0.2, 0) is 14.3 Å². The molecule has 0 spiro atoms. The van der Waals surface area contributed by atoms with Crippen molar-refractivity contribution >= 4 is 11.8 Å². The van der Waals surface area contributed by atoms with Crippen molar-refractivity contribution in [3.8, 4) is 0 Å². The van der Waals surface area contributed by atoms with Crippen molar-refractivity contribution in [2.45, 2.75) is 50.5 Å². The van der Waals surface area contributed by atoms with Gasteiger partial charge < -0.3 is 21.1 Å². The minimum atomic E-state index is -0.344. The number of carbonyl (C=O) groups is 2. The molecule has 0 aromatic heterocycles. The second-order valence-electron chi connectivity index (χ2n) is 5.54. The second kappa shape index (κ2) is 8.92. The van der Waals surface area contributed by atoms with E-state index in [1.165, 1.54) is 6.42 Å². The average molecular weight is 285 g/mol. The van der Waals surface area contributed by atoms with Gasteiger partial charge in [0.2, 0.25) is 11.8 Å². The van der Waals surface area contributed by atoms with Crippen molar-refractivity contribution in [3.05, 3.63) is 0 Å². The molecule has 0 bridgehead atoms. The number of ether oxygens (including phenoxy) is 1. The molecule has 6 nitrogen and oxygen atoms in total. The average Bonchev–Trinajstić information content (AvgIpc) is 2.39. The van der Waals surface area contributed by atoms with E-state index in [2.05, 4.69) is 10.6 Å². The maximum atomic E-state index is 11.8. The highest BCUT2D eigenvalue weighted by Gasteiger charge is 2.29. The molecule has 0 aliphatic heterocycles. The predicted molar refractivity (Wildman–Crippen MR) is 77.1 cm³/mol. The smallest absolute Gasteiger partial charge is 0.221 e. The van der Waals surface area contributed by atoms with Gasteiger partial charge >= 0.3 is 0 Å². The summed E-state index contributed by atoms with van der Waals surface area (Å²) in [5.41, 5.74) is 5.87. The molecule has 20 heavy (non-hydrogen) atoms. The van der Waals surface area contributed by atoms with Crippen LogP contribution in [0.3, 0.4) is 0 Å². The van der Waals surface area contributed by atoms with Crippen molar-refractivity contribution in [2.75, 3.05) is 26.8 Å². The monoisotopic (exact) mass is 285 g/mol. The van der Waals surface area contributed by atoms with Gasteiger partial charge in [0, 0.05) is 38.6 Å². The number of methoxy groups -OCH3 is 1. The SMILES string of the molecule is COCCNC(=O)CCNC(=O)CC1(N)CCCCC1. The first-order valence-electron chi connectivity index (χ1n) is 7.37. The zero-order valence-corrected chi connectivity index (χ0v) is 12.4. The Morgan fingerprint density at radius 3 is 2.40 bits per heavy atom. The molecule has 1 saturated carbocycles. The third kappa shape index (κ3) is 6.86. The molecule has 6 heteroatoms. The van der Waals surface area contributed by atoms with Crippen molar-refractivity contribution in [2.24, 2.45) is 5.73 Å². The molecular weight excluding hydrogens is 258 g/mol. The van der Waals surface area contributed by atoms with E-state index in [0.29, 0.717) is 26.1 Å². The minimum Gasteiger partial charge on any atom is -0.383 e. The lowest BCUT2D eigenvalue weighted by molar-refractivity contribution is -0.123. The Morgan fingerprint density at radius 2 is 1.75 bits per heavy atom. The summed E-state index contributed by atoms with van der Waals surface area (Å²) >= 11 is 0. The molecule has 0 saturated heterocycles. The van der Waals surface area contributed by atoms with Crippen LogP contribution in [0.4, 0.5) is 0 Å².